The van der Waals surface area contributed by atoms with E-state index in [4.69, 9.17) is 32.1 Å². The lowest BCUT2D eigenvalue weighted by Crippen LogP contribution is -2.28. The molecule has 17 heteroatoms. The largest absolute Gasteiger partial charge is 0.524 e. The number of ether oxygens (including phenoxy) is 6. The monoisotopic (exact) mass is 802 g/mol. The van der Waals surface area contributed by atoms with E-state index < -0.39 is 80.5 Å². The number of rotatable bonds is 14. The Kier molecular flexibility index (Phi) is 13.7. The Morgan fingerprint density at radius 3 is 1.04 bits per heavy atom. The first-order chi connectivity index (χ1) is 24.7. The first-order valence-corrected chi connectivity index (χ1v) is 19.4. The van der Waals surface area contributed by atoms with Crippen LogP contribution in [0.5, 0.6) is 17.2 Å². The van der Waals surface area contributed by atoms with E-state index in [2.05, 4.69) is 0 Å². The van der Waals surface area contributed by atoms with Crippen LogP contribution >= 0.6 is 10.3 Å². The third-order valence-electron chi connectivity index (χ3n) is 6.22. The molecule has 0 heterocycles. The molecule has 0 atom stereocenters. The van der Waals surface area contributed by atoms with Gasteiger partial charge in [-0.05, 0) is 127 Å². The summed E-state index contributed by atoms with van der Waals surface area (Å²) in [6.45, 7) is 13.1. The third-order valence-corrected chi connectivity index (χ3v) is 11.1. The molecule has 0 amide bonds. The average molecular weight is 803 g/mol. The van der Waals surface area contributed by atoms with Gasteiger partial charge in [-0.15, -0.1) is 0 Å². The molecule has 3 rings (SSSR count). The van der Waals surface area contributed by atoms with Gasteiger partial charge in [0, 0.05) is 14.7 Å². The molecule has 0 aliphatic heterocycles. The molecule has 0 aromatic heterocycles. The van der Waals surface area contributed by atoms with Crippen molar-refractivity contribution in [1.29, 1.82) is 0 Å². The molecule has 0 aliphatic carbocycles. The Morgan fingerprint density at radius 2 is 0.796 bits per heavy atom. The van der Waals surface area contributed by atoms with Crippen LogP contribution in [-0.4, -0.2) is 68.5 Å². The van der Waals surface area contributed by atoms with Gasteiger partial charge < -0.3 is 28.4 Å². The van der Waals surface area contributed by atoms with Crippen molar-refractivity contribution in [3.8, 4) is 17.2 Å². The van der Waals surface area contributed by atoms with Crippen molar-refractivity contribution in [3.05, 3.63) is 72.8 Å². The Labute approximate surface area is 314 Å². The molecule has 0 spiro atoms. The van der Waals surface area contributed by atoms with Crippen LogP contribution in [0, 0.1) is 0 Å². The Bertz CT molecular complexity index is 1730. The topological polar surface area (TPSA) is 150 Å². The lowest BCUT2D eigenvalue weighted by molar-refractivity contribution is -0.158. The maximum absolute atomic E-state index is 14.3. The minimum absolute atomic E-state index is 0.0436. The highest BCUT2D eigenvalue weighted by Gasteiger charge is 2.52. The van der Waals surface area contributed by atoms with Gasteiger partial charge in [0.05, 0.1) is 0 Å². The molecular weight excluding hydrogens is 758 g/mol. The van der Waals surface area contributed by atoms with Gasteiger partial charge in [0.2, 0.25) is 0 Å². The predicted molar refractivity (Wildman–Crippen MR) is 192 cm³/mol. The lowest BCUT2D eigenvalue weighted by Gasteiger charge is -2.39. The zero-order chi connectivity index (χ0) is 40.8. The number of carbonyl (C=O) groups excluding carboxylic acids is 3. The summed E-state index contributed by atoms with van der Waals surface area (Å²) in [5, 5.41) is 0. The maximum atomic E-state index is 14.3. The van der Waals surface area contributed by atoms with E-state index in [-0.39, 0.29) is 31.9 Å². The quantitative estimate of drug-likeness (QED) is 0.0886. The maximum Gasteiger partial charge on any atom is 0.524 e. The molecule has 54 heavy (non-hydrogen) atoms. The molecule has 0 fully saturated rings. The molecule has 0 saturated heterocycles. The molecule has 3 aromatic carbocycles. The molecule has 0 bridgehead atoms. The van der Waals surface area contributed by atoms with Crippen LogP contribution in [-0.2, 0) is 42.3 Å². The molecule has 0 radical (unpaired) electrons. The number of halogens is 3. The molecule has 0 saturated carbocycles. The Balaban J connectivity index is 2.27. The summed E-state index contributed by atoms with van der Waals surface area (Å²) in [6, 6.07) is 16.0. The van der Waals surface area contributed by atoms with Crippen molar-refractivity contribution >= 4 is 38.3 Å². The van der Waals surface area contributed by atoms with E-state index in [0.717, 1.165) is 0 Å². The van der Waals surface area contributed by atoms with Crippen LogP contribution in [0.2, 0.25) is 0 Å². The number of hydrogen-bond donors (Lipinski definition) is 0. The number of esters is 3. The average Bonchev–Trinajstić information content (AvgIpc) is 3.02. The minimum atomic E-state index is -6.38. The second-order valence-electron chi connectivity index (χ2n) is 14.6. The van der Waals surface area contributed by atoms with E-state index in [9.17, 15) is 36.0 Å². The summed E-state index contributed by atoms with van der Waals surface area (Å²) in [4.78, 5) is 36.9. The van der Waals surface area contributed by atoms with Gasteiger partial charge in [0.15, 0.2) is 19.8 Å². The van der Waals surface area contributed by atoms with Crippen LogP contribution in [0.3, 0.4) is 0 Å². The number of benzene rings is 3. The second kappa shape index (κ2) is 16.9. The summed E-state index contributed by atoms with van der Waals surface area (Å²) in [7, 11) is -10.4. The fourth-order valence-corrected chi connectivity index (χ4v) is 9.27. The molecule has 3 aromatic rings. The van der Waals surface area contributed by atoms with Crippen molar-refractivity contribution < 1.29 is 68.0 Å². The van der Waals surface area contributed by atoms with Gasteiger partial charge >= 0.3 is 33.5 Å². The van der Waals surface area contributed by atoms with Crippen molar-refractivity contribution in [2.75, 3.05) is 19.8 Å². The van der Waals surface area contributed by atoms with Crippen molar-refractivity contribution in [1.82, 2.24) is 0 Å². The van der Waals surface area contributed by atoms with Crippen LogP contribution in [0.25, 0.3) is 0 Å². The van der Waals surface area contributed by atoms with E-state index in [0.29, 0.717) is 0 Å². The standard InChI is InChI=1S/C37H45F3O12S2/c1-34(2,3)49-31(41)22-46-25-13-10-16-28(19-25)53(52-54(44,45)37(38,39)40,29-17-11-14-26(20-29)47-23-32(42)50-35(4,5)6)30-18-12-15-27(21-30)48-24-33(43)51-36(7,8)9/h10-21H,22-24H2,1-9H3. The van der Waals surface area contributed by atoms with Gasteiger partial charge in [0.1, 0.15) is 34.1 Å². The van der Waals surface area contributed by atoms with Gasteiger partial charge in [-0.1, -0.05) is 18.2 Å². The first kappa shape index (κ1) is 43.9. The van der Waals surface area contributed by atoms with Crippen molar-refractivity contribution in [3.63, 3.8) is 0 Å². The highest BCUT2D eigenvalue weighted by Crippen LogP contribution is 2.71. The normalized spacial score (nSPS) is 13.0. The first-order valence-electron chi connectivity index (χ1n) is 16.4. The lowest BCUT2D eigenvalue weighted by atomic mass is 10.2. The molecule has 0 unspecified atom stereocenters. The fraction of sp³-hybridized carbons (Fsp3) is 0.432. The SMILES string of the molecule is CC(C)(C)OC(=O)COc1cccc(S(OS(=O)(=O)C(F)(F)F)(c2cccc(OCC(=O)OC(C)(C)C)c2)c2cccc(OCC(=O)OC(C)(C)C)c2)c1. The zero-order valence-electron chi connectivity index (χ0n) is 31.4. The van der Waals surface area contributed by atoms with E-state index >= 15 is 0 Å². The fourth-order valence-electron chi connectivity index (χ4n) is 4.47. The summed E-state index contributed by atoms with van der Waals surface area (Å²) in [5.41, 5.74) is -8.40. The van der Waals surface area contributed by atoms with E-state index in [1.807, 2.05) is 0 Å². The Morgan fingerprint density at radius 1 is 0.519 bits per heavy atom. The van der Waals surface area contributed by atoms with Crippen molar-refractivity contribution in [2.45, 2.75) is 99.3 Å². The molecule has 0 aliphatic rings. The summed E-state index contributed by atoms with van der Waals surface area (Å²) in [6.07, 6.45) is 0. The summed E-state index contributed by atoms with van der Waals surface area (Å²) >= 11 is 0. The molecular formula is C37H45F3O12S2. The zero-order valence-corrected chi connectivity index (χ0v) is 33.0. The van der Waals surface area contributed by atoms with Crippen LogP contribution in [0.4, 0.5) is 13.2 Å². The van der Waals surface area contributed by atoms with Gasteiger partial charge in [-0.25, -0.2) is 14.4 Å². The number of carbonyl (C=O) groups is 3. The van der Waals surface area contributed by atoms with Gasteiger partial charge in [0.25, 0.3) is 0 Å². The summed E-state index contributed by atoms with van der Waals surface area (Å²) < 4.78 is 107. The van der Waals surface area contributed by atoms with Gasteiger partial charge in [-0.3, -0.25) is 0 Å². The number of hydrogen-bond acceptors (Lipinski definition) is 12. The van der Waals surface area contributed by atoms with Crippen LogP contribution < -0.4 is 14.2 Å². The smallest absolute Gasteiger partial charge is 0.482 e. The van der Waals surface area contributed by atoms with Crippen LogP contribution in [0.15, 0.2) is 87.5 Å². The van der Waals surface area contributed by atoms with Gasteiger partial charge in [-0.2, -0.15) is 25.2 Å². The Hall–Kier alpha value is -4.48. The van der Waals surface area contributed by atoms with E-state index in [1.54, 1.807) is 62.3 Å². The molecule has 298 valence electrons. The highest BCUT2D eigenvalue weighted by atomic mass is 32.3. The number of alkyl halides is 3. The summed E-state index contributed by atoms with van der Waals surface area (Å²) in [5.74, 6) is -2.36. The molecule has 12 nitrogen and oxygen atoms in total. The molecule has 0 N–H and O–H groups in total. The third kappa shape index (κ3) is 13.1. The van der Waals surface area contributed by atoms with Crippen LogP contribution in [0.1, 0.15) is 62.3 Å². The second-order valence-corrected chi connectivity index (χ2v) is 19.0. The van der Waals surface area contributed by atoms with Crippen molar-refractivity contribution in [2.24, 2.45) is 0 Å². The van der Waals surface area contributed by atoms with E-state index in [1.165, 1.54) is 72.8 Å². The minimum Gasteiger partial charge on any atom is -0.482 e. The predicted octanol–water partition coefficient (Wildman–Crippen LogP) is 7.91. The highest BCUT2D eigenvalue weighted by molar-refractivity contribution is 8.33.